The minimum atomic E-state index is -0.190. The highest BCUT2D eigenvalue weighted by Crippen LogP contribution is 2.28. The van der Waals surface area contributed by atoms with E-state index in [0.29, 0.717) is 11.1 Å². The van der Waals surface area contributed by atoms with Gasteiger partial charge in [-0.25, -0.2) is 5.10 Å². The van der Waals surface area contributed by atoms with Crippen LogP contribution in [0.5, 0.6) is 0 Å². The molecule has 4 aromatic rings. The molecule has 0 bridgehead atoms. The highest BCUT2D eigenvalue weighted by Gasteiger charge is 2.13. The summed E-state index contributed by atoms with van der Waals surface area (Å²) >= 11 is 0. The van der Waals surface area contributed by atoms with E-state index in [9.17, 15) is 4.79 Å². The predicted molar refractivity (Wildman–Crippen MR) is 77.5 cm³/mol. The first kappa shape index (κ1) is 10.9. The molecule has 1 aromatic carbocycles. The zero-order valence-corrected chi connectivity index (χ0v) is 10.4. The number of para-hydroxylation sites is 1. The maximum absolute atomic E-state index is 12.1. The number of nitrogens with one attached hydrogen (secondary N) is 2. The maximum atomic E-state index is 12.1. The zero-order chi connectivity index (χ0) is 13.5. The van der Waals surface area contributed by atoms with E-state index in [4.69, 9.17) is 0 Å². The smallest absolute Gasteiger partial charge is 0.274 e. The Morgan fingerprint density at radius 3 is 2.80 bits per heavy atom. The summed E-state index contributed by atoms with van der Waals surface area (Å²) in [5.74, 6) is 0. The van der Waals surface area contributed by atoms with Crippen LogP contribution in [0.4, 0.5) is 0 Å². The molecule has 0 amide bonds. The van der Waals surface area contributed by atoms with Crippen LogP contribution in [0, 0.1) is 0 Å². The van der Waals surface area contributed by atoms with Crippen LogP contribution in [0.15, 0.2) is 53.6 Å². The predicted octanol–water partition coefficient (Wildman–Crippen LogP) is 2.47. The third kappa shape index (κ3) is 1.46. The number of fused-ring (bicyclic) bond motifs is 3. The van der Waals surface area contributed by atoms with Crippen molar-refractivity contribution in [3.8, 4) is 11.3 Å². The number of hydrogen-bond donors (Lipinski definition) is 2. The Hall–Kier alpha value is -2.95. The molecule has 96 valence electrons. The second kappa shape index (κ2) is 4.03. The van der Waals surface area contributed by atoms with E-state index in [0.717, 1.165) is 22.0 Å². The third-order valence-corrected chi connectivity index (χ3v) is 3.37. The number of nitrogens with zero attached hydrogens (tertiary/aromatic N) is 2. The molecular weight excluding hydrogens is 252 g/mol. The number of benzene rings is 1. The quantitative estimate of drug-likeness (QED) is 0.553. The Morgan fingerprint density at radius 1 is 1.05 bits per heavy atom. The van der Waals surface area contributed by atoms with Gasteiger partial charge in [0.05, 0.1) is 10.9 Å². The normalized spacial score (nSPS) is 11.2. The minimum absolute atomic E-state index is 0.190. The van der Waals surface area contributed by atoms with Crippen LogP contribution < -0.4 is 5.56 Å². The Kier molecular flexibility index (Phi) is 2.20. The van der Waals surface area contributed by atoms with E-state index in [1.54, 1.807) is 12.4 Å². The number of hydrogen-bond acceptors (Lipinski definition) is 3. The van der Waals surface area contributed by atoms with Crippen LogP contribution in [0.2, 0.25) is 0 Å². The lowest BCUT2D eigenvalue weighted by Gasteiger charge is -2.00. The summed E-state index contributed by atoms with van der Waals surface area (Å²) in [6.45, 7) is 0. The summed E-state index contributed by atoms with van der Waals surface area (Å²) < 4.78 is 0. The van der Waals surface area contributed by atoms with E-state index in [2.05, 4.69) is 20.2 Å². The van der Waals surface area contributed by atoms with Gasteiger partial charge in [0, 0.05) is 28.9 Å². The van der Waals surface area contributed by atoms with Crippen molar-refractivity contribution in [3.63, 3.8) is 0 Å². The number of aromatic nitrogens is 4. The second-order valence-electron chi connectivity index (χ2n) is 4.56. The van der Waals surface area contributed by atoms with Crippen LogP contribution >= 0.6 is 0 Å². The largest absolute Gasteiger partial charge is 0.353 e. The lowest BCUT2D eigenvalue weighted by molar-refractivity contribution is 1.01. The van der Waals surface area contributed by atoms with Gasteiger partial charge in [-0.05, 0) is 18.2 Å². The molecule has 4 rings (SSSR count). The van der Waals surface area contributed by atoms with Crippen molar-refractivity contribution in [2.75, 3.05) is 0 Å². The Balaban J connectivity index is 2.19. The molecule has 3 heterocycles. The summed E-state index contributed by atoms with van der Waals surface area (Å²) in [7, 11) is 0. The highest BCUT2D eigenvalue weighted by atomic mass is 16.1. The van der Waals surface area contributed by atoms with E-state index in [-0.39, 0.29) is 5.56 Å². The summed E-state index contributed by atoms with van der Waals surface area (Å²) in [6, 6.07) is 11.5. The fourth-order valence-electron chi connectivity index (χ4n) is 2.49. The van der Waals surface area contributed by atoms with Crippen molar-refractivity contribution in [1.29, 1.82) is 0 Å². The third-order valence-electron chi connectivity index (χ3n) is 3.37. The van der Waals surface area contributed by atoms with E-state index < -0.39 is 0 Å². The average molecular weight is 262 g/mol. The van der Waals surface area contributed by atoms with Gasteiger partial charge in [-0.1, -0.05) is 18.2 Å². The molecule has 0 fully saturated rings. The zero-order valence-electron chi connectivity index (χ0n) is 10.4. The summed E-state index contributed by atoms with van der Waals surface area (Å²) in [5.41, 5.74) is 3.03. The van der Waals surface area contributed by atoms with Crippen molar-refractivity contribution in [3.05, 3.63) is 59.1 Å². The van der Waals surface area contributed by atoms with Gasteiger partial charge in [0.25, 0.3) is 5.56 Å². The molecule has 2 N–H and O–H groups in total. The van der Waals surface area contributed by atoms with Gasteiger partial charge in [0.15, 0.2) is 0 Å². The van der Waals surface area contributed by atoms with Gasteiger partial charge in [-0.15, -0.1) is 0 Å². The summed E-state index contributed by atoms with van der Waals surface area (Å²) in [6.07, 6.45) is 3.43. The topological polar surface area (TPSA) is 74.4 Å². The lowest BCUT2D eigenvalue weighted by Crippen LogP contribution is -2.08. The lowest BCUT2D eigenvalue weighted by atomic mass is 10.1. The molecule has 3 aromatic heterocycles. The van der Waals surface area contributed by atoms with Crippen molar-refractivity contribution in [1.82, 2.24) is 20.2 Å². The standard InChI is InChI=1S/C15H10N4O/c20-15-12-10-5-1-2-6-11(10)17-14(12)13(18-19-15)9-4-3-7-16-8-9/h1-8,17H,(H,19,20). The van der Waals surface area contributed by atoms with Crippen LogP contribution in [0.1, 0.15) is 0 Å². The SMILES string of the molecule is O=c1[nH]nc(-c2cccnc2)c2[nH]c3ccccc3c12. The van der Waals surface area contributed by atoms with Crippen LogP contribution in [-0.4, -0.2) is 20.2 Å². The average Bonchev–Trinajstić information content (AvgIpc) is 2.88. The van der Waals surface area contributed by atoms with Gasteiger partial charge >= 0.3 is 0 Å². The van der Waals surface area contributed by atoms with Crippen molar-refractivity contribution >= 4 is 21.8 Å². The number of H-pyrrole nitrogens is 2. The van der Waals surface area contributed by atoms with E-state index in [1.807, 2.05) is 36.4 Å². The van der Waals surface area contributed by atoms with E-state index >= 15 is 0 Å². The van der Waals surface area contributed by atoms with Gasteiger partial charge < -0.3 is 4.98 Å². The number of aromatic amines is 2. The number of pyridine rings is 1. The molecule has 0 atom stereocenters. The van der Waals surface area contributed by atoms with Gasteiger partial charge in [0.1, 0.15) is 5.69 Å². The molecule has 0 radical (unpaired) electrons. The molecule has 0 spiro atoms. The maximum Gasteiger partial charge on any atom is 0.274 e. The molecule has 0 aliphatic carbocycles. The Morgan fingerprint density at radius 2 is 1.95 bits per heavy atom. The Labute approximate surface area is 113 Å². The van der Waals surface area contributed by atoms with Crippen LogP contribution in [0.3, 0.4) is 0 Å². The van der Waals surface area contributed by atoms with Crippen molar-refractivity contribution in [2.24, 2.45) is 0 Å². The summed E-state index contributed by atoms with van der Waals surface area (Å²) in [5, 5.41) is 8.26. The van der Waals surface area contributed by atoms with Gasteiger partial charge in [-0.3, -0.25) is 9.78 Å². The molecule has 0 unspecified atom stereocenters. The van der Waals surface area contributed by atoms with Gasteiger partial charge in [-0.2, -0.15) is 5.10 Å². The molecular formula is C15H10N4O. The van der Waals surface area contributed by atoms with Crippen LogP contribution in [0.25, 0.3) is 33.1 Å². The van der Waals surface area contributed by atoms with E-state index in [1.165, 1.54) is 0 Å². The van der Waals surface area contributed by atoms with Crippen LogP contribution in [-0.2, 0) is 0 Å². The molecule has 0 aliphatic heterocycles. The highest BCUT2D eigenvalue weighted by molar-refractivity contribution is 6.10. The Bertz CT molecular complexity index is 969. The number of rotatable bonds is 1. The molecule has 20 heavy (non-hydrogen) atoms. The second-order valence-corrected chi connectivity index (χ2v) is 4.56. The first-order chi connectivity index (χ1) is 9.84. The van der Waals surface area contributed by atoms with Gasteiger partial charge in [0.2, 0.25) is 0 Å². The molecule has 5 heteroatoms. The minimum Gasteiger partial charge on any atom is -0.353 e. The molecule has 0 aliphatic rings. The first-order valence-corrected chi connectivity index (χ1v) is 6.24. The first-order valence-electron chi connectivity index (χ1n) is 6.24. The molecule has 5 nitrogen and oxygen atoms in total. The summed E-state index contributed by atoms with van der Waals surface area (Å²) in [4.78, 5) is 19.5. The molecule has 0 saturated heterocycles. The fourth-order valence-corrected chi connectivity index (χ4v) is 2.49. The monoisotopic (exact) mass is 262 g/mol. The van der Waals surface area contributed by atoms with Crippen molar-refractivity contribution < 1.29 is 0 Å². The fraction of sp³-hybridized carbons (Fsp3) is 0. The van der Waals surface area contributed by atoms with Crippen molar-refractivity contribution in [2.45, 2.75) is 0 Å². The molecule has 0 saturated carbocycles.